The third-order valence-electron chi connectivity index (χ3n) is 1.60. The van der Waals surface area contributed by atoms with Gasteiger partial charge in [0.25, 0.3) is 5.91 Å². The molecular formula is C11H18N2O. The molecule has 0 atom stereocenters. The highest BCUT2D eigenvalue weighted by Gasteiger charge is 2.14. The van der Waals surface area contributed by atoms with Gasteiger partial charge < -0.3 is 10.6 Å². The SMILES string of the molecule is C=CC1=C(/C=C\C)C(=O)NCN1.CC. The zero-order chi connectivity index (χ0) is 11.0. The molecule has 0 unspecified atom stereocenters. The van der Waals surface area contributed by atoms with Crippen LogP contribution in [0.3, 0.4) is 0 Å². The van der Waals surface area contributed by atoms with E-state index < -0.39 is 0 Å². The molecule has 1 aliphatic heterocycles. The second kappa shape index (κ2) is 6.95. The molecule has 2 N–H and O–H groups in total. The molecular weight excluding hydrogens is 176 g/mol. The average Bonchev–Trinajstić information content (AvgIpc) is 2.24. The summed E-state index contributed by atoms with van der Waals surface area (Å²) in [7, 11) is 0. The Bertz CT molecular complexity index is 264. The summed E-state index contributed by atoms with van der Waals surface area (Å²) >= 11 is 0. The zero-order valence-electron chi connectivity index (χ0n) is 9.05. The van der Waals surface area contributed by atoms with Crippen LogP contribution in [0, 0.1) is 0 Å². The number of carbonyl (C=O) groups excluding carboxylic acids is 1. The average molecular weight is 194 g/mol. The van der Waals surface area contributed by atoms with Crippen LogP contribution in [0.2, 0.25) is 0 Å². The van der Waals surface area contributed by atoms with Gasteiger partial charge in [0.2, 0.25) is 0 Å². The lowest BCUT2D eigenvalue weighted by Crippen LogP contribution is -2.40. The molecule has 0 radical (unpaired) electrons. The molecule has 78 valence electrons. The zero-order valence-corrected chi connectivity index (χ0v) is 9.05. The van der Waals surface area contributed by atoms with Gasteiger partial charge in [-0.05, 0) is 13.0 Å². The van der Waals surface area contributed by atoms with Crippen molar-refractivity contribution in [3.63, 3.8) is 0 Å². The summed E-state index contributed by atoms with van der Waals surface area (Å²) in [6.45, 7) is 9.96. The smallest absolute Gasteiger partial charge is 0.254 e. The van der Waals surface area contributed by atoms with E-state index in [9.17, 15) is 4.79 Å². The quantitative estimate of drug-likeness (QED) is 0.702. The normalized spacial score (nSPS) is 15.5. The first-order valence-corrected chi connectivity index (χ1v) is 4.81. The highest BCUT2D eigenvalue weighted by molar-refractivity contribution is 5.98. The minimum atomic E-state index is -0.0539. The van der Waals surface area contributed by atoms with Crippen molar-refractivity contribution in [2.75, 3.05) is 6.67 Å². The summed E-state index contributed by atoms with van der Waals surface area (Å²) in [6, 6.07) is 0. The maximum absolute atomic E-state index is 11.2. The van der Waals surface area contributed by atoms with E-state index in [0.717, 1.165) is 5.70 Å². The van der Waals surface area contributed by atoms with Gasteiger partial charge in [-0.1, -0.05) is 32.6 Å². The maximum Gasteiger partial charge on any atom is 0.254 e. The van der Waals surface area contributed by atoms with Crippen molar-refractivity contribution in [3.05, 3.63) is 36.1 Å². The Kier molecular flexibility index (Phi) is 6.20. The van der Waals surface area contributed by atoms with E-state index in [4.69, 9.17) is 0 Å². The van der Waals surface area contributed by atoms with Crippen molar-refractivity contribution >= 4 is 5.91 Å². The Morgan fingerprint density at radius 1 is 1.36 bits per heavy atom. The van der Waals surface area contributed by atoms with E-state index in [2.05, 4.69) is 17.2 Å². The molecule has 1 rings (SSSR count). The van der Waals surface area contributed by atoms with Crippen LogP contribution in [0.1, 0.15) is 20.8 Å². The van der Waals surface area contributed by atoms with Crippen molar-refractivity contribution in [1.29, 1.82) is 0 Å². The molecule has 0 saturated carbocycles. The Balaban J connectivity index is 0.000000791. The molecule has 1 aliphatic rings. The van der Waals surface area contributed by atoms with E-state index in [1.807, 2.05) is 26.8 Å². The Hall–Kier alpha value is -1.51. The van der Waals surface area contributed by atoms with Crippen molar-refractivity contribution in [2.45, 2.75) is 20.8 Å². The summed E-state index contributed by atoms with van der Waals surface area (Å²) in [5.74, 6) is -0.0539. The number of allylic oxidation sites excluding steroid dienone is 2. The minimum absolute atomic E-state index is 0.0539. The highest BCUT2D eigenvalue weighted by atomic mass is 16.1. The summed E-state index contributed by atoms with van der Waals surface area (Å²) in [5.41, 5.74) is 1.43. The van der Waals surface area contributed by atoms with Gasteiger partial charge in [0, 0.05) is 5.70 Å². The monoisotopic (exact) mass is 194 g/mol. The predicted octanol–water partition coefficient (Wildman–Crippen LogP) is 1.71. The standard InChI is InChI=1S/C9H12N2O.C2H6/c1-3-5-7-8(4-2)10-6-11-9(7)12;1-2/h3-5,10H,2,6H2,1H3,(H,11,12);1-2H3/b5-3-;. The first-order valence-electron chi connectivity index (χ1n) is 4.81. The van der Waals surface area contributed by atoms with Gasteiger partial charge in [0.15, 0.2) is 0 Å². The van der Waals surface area contributed by atoms with Crippen LogP contribution in [0.25, 0.3) is 0 Å². The van der Waals surface area contributed by atoms with Crippen molar-refractivity contribution < 1.29 is 4.79 Å². The molecule has 0 aromatic rings. The highest BCUT2D eigenvalue weighted by Crippen LogP contribution is 2.07. The lowest BCUT2D eigenvalue weighted by Gasteiger charge is -2.18. The fourth-order valence-corrected chi connectivity index (χ4v) is 1.05. The van der Waals surface area contributed by atoms with Gasteiger partial charge in [0.05, 0.1) is 12.2 Å². The van der Waals surface area contributed by atoms with E-state index in [-0.39, 0.29) is 5.91 Å². The summed E-state index contributed by atoms with van der Waals surface area (Å²) in [4.78, 5) is 11.2. The fourth-order valence-electron chi connectivity index (χ4n) is 1.05. The number of hydrogen-bond acceptors (Lipinski definition) is 2. The van der Waals surface area contributed by atoms with Crippen molar-refractivity contribution in [1.82, 2.24) is 10.6 Å². The molecule has 0 aromatic carbocycles. The predicted molar refractivity (Wildman–Crippen MR) is 59.5 cm³/mol. The number of rotatable bonds is 2. The lowest BCUT2D eigenvalue weighted by atomic mass is 10.1. The lowest BCUT2D eigenvalue weighted by molar-refractivity contribution is -0.117. The van der Waals surface area contributed by atoms with Gasteiger partial charge in [0.1, 0.15) is 0 Å². The first-order chi connectivity index (χ1) is 6.79. The van der Waals surface area contributed by atoms with Crippen molar-refractivity contribution in [3.8, 4) is 0 Å². The van der Waals surface area contributed by atoms with Crippen molar-refractivity contribution in [2.24, 2.45) is 0 Å². The Morgan fingerprint density at radius 2 is 2.00 bits per heavy atom. The molecule has 14 heavy (non-hydrogen) atoms. The molecule has 0 bridgehead atoms. The van der Waals surface area contributed by atoms with Gasteiger partial charge in [-0.25, -0.2) is 0 Å². The van der Waals surface area contributed by atoms with E-state index >= 15 is 0 Å². The summed E-state index contributed by atoms with van der Waals surface area (Å²) in [5, 5.41) is 5.69. The number of carbonyl (C=O) groups is 1. The largest absolute Gasteiger partial charge is 0.367 e. The molecule has 3 heteroatoms. The van der Waals surface area contributed by atoms with E-state index in [1.165, 1.54) is 0 Å². The molecule has 0 fully saturated rings. The molecule has 0 saturated heterocycles. The second-order valence-corrected chi connectivity index (χ2v) is 2.39. The molecule has 0 aromatic heterocycles. The molecule has 0 spiro atoms. The summed E-state index contributed by atoms with van der Waals surface area (Å²) in [6.07, 6.45) is 5.23. The number of amides is 1. The van der Waals surface area contributed by atoms with Gasteiger partial charge in [-0.2, -0.15) is 0 Å². The van der Waals surface area contributed by atoms with Crippen LogP contribution in [0.4, 0.5) is 0 Å². The van der Waals surface area contributed by atoms with Crippen LogP contribution in [-0.2, 0) is 4.79 Å². The van der Waals surface area contributed by atoms with Crippen LogP contribution in [-0.4, -0.2) is 12.6 Å². The third kappa shape index (κ3) is 3.09. The molecule has 1 heterocycles. The first kappa shape index (κ1) is 12.5. The summed E-state index contributed by atoms with van der Waals surface area (Å²) < 4.78 is 0. The van der Waals surface area contributed by atoms with Gasteiger partial charge in [-0.3, -0.25) is 4.79 Å². The number of nitrogens with one attached hydrogen (secondary N) is 2. The topological polar surface area (TPSA) is 41.1 Å². The van der Waals surface area contributed by atoms with Gasteiger partial charge in [-0.15, -0.1) is 0 Å². The van der Waals surface area contributed by atoms with Crippen LogP contribution >= 0.6 is 0 Å². The fraction of sp³-hybridized carbons (Fsp3) is 0.364. The number of hydrogen-bond donors (Lipinski definition) is 2. The molecule has 3 nitrogen and oxygen atoms in total. The minimum Gasteiger partial charge on any atom is -0.367 e. The Labute approximate surface area is 85.6 Å². The Morgan fingerprint density at radius 3 is 2.50 bits per heavy atom. The third-order valence-corrected chi connectivity index (χ3v) is 1.60. The maximum atomic E-state index is 11.2. The van der Waals surface area contributed by atoms with Crippen LogP contribution in [0.15, 0.2) is 36.1 Å². The molecule has 0 aliphatic carbocycles. The van der Waals surface area contributed by atoms with E-state index in [1.54, 1.807) is 12.2 Å². The van der Waals surface area contributed by atoms with Crippen LogP contribution in [0.5, 0.6) is 0 Å². The van der Waals surface area contributed by atoms with Crippen LogP contribution < -0.4 is 10.6 Å². The molecule has 1 amide bonds. The van der Waals surface area contributed by atoms with Gasteiger partial charge >= 0.3 is 0 Å². The second-order valence-electron chi connectivity index (χ2n) is 2.39. The van der Waals surface area contributed by atoms with E-state index in [0.29, 0.717) is 12.2 Å².